The fraction of sp³-hybridized carbons (Fsp3) is 0.316. The standard InChI is InChI=1S/C19H21N7OS/c1-13-4-3-7-20-16(13)22-19-23-17(24-28-19)15-6-5-14(12-21-15)18(27)26-10-8-25(2)9-11-26/h3-7,12H,8-11H2,1-2H3,(H,20,22,23,24). The maximum atomic E-state index is 12.6. The third-order valence-electron chi connectivity index (χ3n) is 4.69. The summed E-state index contributed by atoms with van der Waals surface area (Å²) in [6, 6.07) is 7.46. The fourth-order valence-corrected chi connectivity index (χ4v) is 3.52. The number of hydrogen-bond donors (Lipinski definition) is 1. The van der Waals surface area contributed by atoms with Crippen LogP contribution in [0.15, 0.2) is 36.7 Å². The van der Waals surface area contributed by atoms with Gasteiger partial charge in [-0.25, -0.2) is 4.98 Å². The number of amides is 1. The van der Waals surface area contributed by atoms with Gasteiger partial charge in [-0.15, -0.1) is 0 Å². The molecule has 9 heteroatoms. The van der Waals surface area contributed by atoms with Crippen LogP contribution in [0, 0.1) is 6.92 Å². The number of aromatic nitrogens is 4. The van der Waals surface area contributed by atoms with Crippen molar-refractivity contribution in [2.24, 2.45) is 0 Å². The van der Waals surface area contributed by atoms with Gasteiger partial charge in [0.15, 0.2) is 5.82 Å². The van der Waals surface area contributed by atoms with Crippen LogP contribution in [0.3, 0.4) is 0 Å². The molecule has 0 aromatic carbocycles. The molecule has 8 nitrogen and oxygen atoms in total. The van der Waals surface area contributed by atoms with Crippen molar-refractivity contribution >= 4 is 28.4 Å². The smallest absolute Gasteiger partial charge is 0.255 e. The average molecular weight is 395 g/mol. The Morgan fingerprint density at radius 2 is 1.96 bits per heavy atom. The van der Waals surface area contributed by atoms with Gasteiger partial charge in [0.2, 0.25) is 5.13 Å². The fourth-order valence-electron chi connectivity index (χ4n) is 2.94. The van der Waals surface area contributed by atoms with Crippen LogP contribution < -0.4 is 5.32 Å². The van der Waals surface area contributed by atoms with Gasteiger partial charge in [0.05, 0.1) is 5.56 Å². The van der Waals surface area contributed by atoms with Gasteiger partial charge in [-0.3, -0.25) is 9.78 Å². The minimum absolute atomic E-state index is 0.0198. The molecule has 0 radical (unpaired) electrons. The molecular formula is C19H21N7OS. The summed E-state index contributed by atoms with van der Waals surface area (Å²) in [4.78, 5) is 29.9. The van der Waals surface area contributed by atoms with E-state index >= 15 is 0 Å². The zero-order chi connectivity index (χ0) is 19.5. The van der Waals surface area contributed by atoms with E-state index < -0.39 is 0 Å². The highest BCUT2D eigenvalue weighted by atomic mass is 32.1. The normalized spacial score (nSPS) is 14.9. The molecule has 1 aliphatic rings. The van der Waals surface area contributed by atoms with Gasteiger partial charge in [0.25, 0.3) is 5.91 Å². The molecule has 0 saturated carbocycles. The summed E-state index contributed by atoms with van der Waals surface area (Å²) in [6.07, 6.45) is 3.34. The topological polar surface area (TPSA) is 87.1 Å². The van der Waals surface area contributed by atoms with E-state index in [2.05, 4.69) is 36.6 Å². The zero-order valence-corrected chi connectivity index (χ0v) is 16.6. The Bertz CT molecular complexity index is 964. The van der Waals surface area contributed by atoms with Gasteiger partial charge >= 0.3 is 0 Å². The summed E-state index contributed by atoms with van der Waals surface area (Å²) in [5.41, 5.74) is 2.26. The number of carbonyl (C=O) groups excluding carboxylic acids is 1. The molecule has 1 saturated heterocycles. The van der Waals surface area contributed by atoms with Gasteiger partial charge in [-0.2, -0.15) is 9.36 Å². The van der Waals surface area contributed by atoms with E-state index in [0.717, 1.165) is 37.6 Å². The number of hydrogen-bond acceptors (Lipinski definition) is 8. The number of aryl methyl sites for hydroxylation is 1. The number of nitrogens with zero attached hydrogens (tertiary/aromatic N) is 6. The molecular weight excluding hydrogens is 374 g/mol. The maximum Gasteiger partial charge on any atom is 0.255 e. The van der Waals surface area contributed by atoms with Gasteiger partial charge < -0.3 is 15.1 Å². The number of carbonyl (C=O) groups is 1. The van der Waals surface area contributed by atoms with E-state index in [0.29, 0.717) is 22.2 Å². The van der Waals surface area contributed by atoms with Crippen molar-refractivity contribution in [3.8, 4) is 11.5 Å². The number of anilines is 2. The van der Waals surface area contributed by atoms with Crippen LogP contribution in [0.4, 0.5) is 10.9 Å². The summed E-state index contributed by atoms with van der Waals surface area (Å²) in [6.45, 7) is 5.26. The van der Waals surface area contributed by atoms with E-state index in [1.54, 1.807) is 24.5 Å². The number of nitrogens with one attached hydrogen (secondary N) is 1. The number of pyridine rings is 2. The highest BCUT2D eigenvalue weighted by Crippen LogP contribution is 2.23. The lowest BCUT2D eigenvalue weighted by Gasteiger charge is -2.32. The summed E-state index contributed by atoms with van der Waals surface area (Å²) >= 11 is 1.25. The molecule has 28 heavy (non-hydrogen) atoms. The maximum absolute atomic E-state index is 12.6. The SMILES string of the molecule is Cc1cccnc1Nc1nc(-c2ccc(C(=O)N3CCN(C)CC3)cn2)ns1. The second-order valence-corrected chi connectivity index (χ2v) is 7.50. The summed E-state index contributed by atoms with van der Waals surface area (Å²) in [7, 11) is 2.07. The first-order chi connectivity index (χ1) is 13.6. The van der Waals surface area contributed by atoms with Crippen LogP contribution in [0.1, 0.15) is 15.9 Å². The molecule has 0 aliphatic carbocycles. The summed E-state index contributed by atoms with van der Waals surface area (Å²) in [5, 5.41) is 3.83. The third-order valence-corrected chi connectivity index (χ3v) is 5.32. The van der Waals surface area contributed by atoms with Gasteiger partial charge in [-0.1, -0.05) is 6.07 Å². The van der Waals surface area contributed by atoms with Crippen LogP contribution in [0.5, 0.6) is 0 Å². The first-order valence-corrected chi connectivity index (χ1v) is 9.84. The Morgan fingerprint density at radius 1 is 1.14 bits per heavy atom. The molecule has 1 N–H and O–H groups in total. The van der Waals surface area contributed by atoms with Crippen LogP contribution in [-0.2, 0) is 0 Å². The quantitative estimate of drug-likeness (QED) is 0.726. The van der Waals surface area contributed by atoms with Crippen molar-refractivity contribution in [3.05, 3.63) is 47.8 Å². The predicted octanol–water partition coefficient (Wildman–Crippen LogP) is 2.43. The second kappa shape index (κ2) is 7.99. The van der Waals surface area contributed by atoms with Crippen LogP contribution in [-0.4, -0.2) is 68.3 Å². The highest BCUT2D eigenvalue weighted by molar-refractivity contribution is 7.09. The van der Waals surface area contributed by atoms with Gasteiger partial charge in [-0.05, 0) is 37.7 Å². The number of rotatable bonds is 4. The minimum Gasteiger partial charge on any atom is -0.336 e. The van der Waals surface area contributed by atoms with Crippen LogP contribution in [0.25, 0.3) is 11.5 Å². The first-order valence-electron chi connectivity index (χ1n) is 9.07. The van der Waals surface area contributed by atoms with Gasteiger partial charge in [0, 0.05) is 50.1 Å². The van der Waals surface area contributed by atoms with Crippen molar-refractivity contribution < 1.29 is 4.79 Å². The van der Waals surface area contributed by atoms with Crippen molar-refractivity contribution in [2.45, 2.75) is 6.92 Å². The van der Waals surface area contributed by atoms with E-state index in [1.807, 2.05) is 24.0 Å². The average Bonchev–Trinajstić information content (AvgIpc) is 3.18. The lowest BCUT2D eigenvalue weighted by molar-refractivity contribution is 0.0663. The monoisotopic (exact) mass is 395 g/mol. The van der Waals surface area contributed by atoms with Gasteiger partial charge in [0.1, 0.15) is 11.5 Å². The van der Waals surface area contributed by atoms with Crippen molar-refractivity contribution in [1.82, 2.24) is 29.1 Å². The van der Waals surface area contributed by atoms with Crippen molar-refractivity contribution in [1.29, 1.82) is 0 Å². The van der Waals surface area contributed by atoms with Crippen LogP contribution >= 0.6 is 11.5 Å². The molecule has 0 bridgehead atoms. The van der Waals surface area contributed by atoms with E-state index in [4.69, 9.17) is 0 Å². The molecule has 4 rings (SSSR count). The number of likely N-dealkylation sites (N-methyl/N-ethyl adjacent to an activating group) is 1. The Morgan fingerprint density at radius 3 is 2.68 bits per heavy atom. The molecule has 1 fully saturated rings. The van der Waals surface area contributed by atoms with Crippen molar-refractivity contribution in [3.63, 3.8) is 0 Å². The highest BCUT2D eigenvalue weighted by Gasteiger charge is 2.21. The molecule has 1 amide bonds. The minimum atomic E-state index is 0.0198. The Hall–Kier alpha value is -2.91. The van der Waals surface area contributed by atoms with Crippen LogP contribution in [0.2, 0.25) is 0 Å². The molecule has 0 spiro atoms. The first kappa shape index (κ1) is 18.5. The largest absolute Gasteiger partial charge is 0.336 e. The molecule has 3 aromatic heterocycles. The van der Waals surface area contributed by atoms with Crippen molar-refractivity contribution in [2.75, 3.05) is 38.5 Å². The number of piperazine rings is 1. The Labute approximate surface area is 167 Å². The summed E-state index contributed by atoms with van der Waals surface area (Å²) in [5.74, 6) is 1.30. The molecule has 4 heterocycles. The molecule has 144 valence electrons. The second-order valence-electron chi connectivity index (χ2n) is 6.74. The summed E-state index contributed by atoms with van der Waals surface area (Å²) < 4.78 is 4.36. The van der Waals surface area contributed by atoms with E-state index in [-0.39, 0.29) is 5.91 Å². The predicted molar refractivity (Wildman–Crippen MR) is 109 cm³/mol. The molecule has 3 aromatic rings. The zero-order valence-electron chi connectivity index (χ0n) is 15.8. The molecule has 1 aliphatic heterocycles. The lowest BCUT2D eigenvalue weighted by atomic mass is 10.2. The third kappa shape index (κ3) is 4.00. The Balaban J connectivity index is 1.45. The molecule has 0 atom stereocenters. The lowest BCUT2D eigenvalue weighted by Crippen LogP contribution is -2.47. The molecule has 0 unspecified atom stereocenters. The Kier molecular flexibility index (Phi) is 5.27. The van der Waals surface area contributed by atoms with E-state index in [1.165, 1.54) is 11.5 Å². The van der Waals surface area contributed by atoms with E-state index in [9.17, 15) is 4.79 Å².